The van der Waals surface area contributed by atoms with Crippen LogP contribution in [0.3, 0.4) is 0 Å². The molecule has 62 valence electrons. The highest BCUT2D eigenvalue weighted by atomic mass is 35.9. The van der Waals surface area contributed by atoms with Gasteiger partial charge in [0.25, 0.3) is 0 Å². The van der Waals surface area contributed by atoms with E-state index in [4.69, 9.17) is 31.4 Å². The van der Waals surface area contributed by atoms with Crippen LogP contribution in [0.5, 0.6) is 0 Å². The molecule has 1 aromatic heterocycles. The summed E-state index contributed by atoms with van der Waals surface area (Å²) in [4.78, 5) is 0. The standard InChI is InChI=1S/C6H7Cl2O2P/c1-5-2-3-6(10-5)4-9-11(7)8/h2-3H,4H2,1H3. The molecule has 0 aliphatic heterocycles. The van der Waals surface area contributed by atoms with Crippen LogP contribution in [0.25, 0.3) is 0 Å². The summed E-state index contributed by atoms with van der Waals surface area (Å²) in [5, 5.41) is 0. The first-order chi connectivity index (χ1) is 5.18. The molecule has 1 rings (SSSR count). The van der Waals surface area contributed by atoms with Crippen LogP contribution in [0.2, 0.25) is 0 Å². The first-order valence-electron chi connectivity index (χ1n) is 2.98. The van der Waals surface area contributed by atoms with E-state index in [0.29, 0.717) is 6.61 Å². The lowest BCUT2D eigenvalue weighted by atomic mass is 10.4. The number of halogens is 2. The van der Waals surface area contributed by atoms with Crippen LogP contribution in [0.4, 0.5) is 0 Å². The fourth-order valence-electron chi connectivity index (χ4n) is 0.675. The lowest BCUT2D eigenvalue weighted by molar-refractivity contribution is 0.303. The van der Waals surface area contributed by atoms with Crippen LogP contribution in [0.15, 0.2) is 16.5 Å². The first kappa shape index (κ1) is 9.34. The van der Waals surface area contributed by atoms with Crippen LogP contribution >= 0.6 is 29.3 Å². The van der Waals surface area contributed by atoms with Gasteiger partial charge in [-0.1, -0.05) is 0 Å². The molecule has 0 unspecified atom stereocenters. The maximum absolute atomic E-state index is 5.40. The first-order valence-corrected chi connectivity index (χ1v) is 6.05. The molecular formula is C6H7Cl2O2P. The third kappa shape index (κ3) is 3.44. The molecular weight excluding hydrogens is 206 g/mol. The van der Waals surface area contributed by atoms with Gasteiger partial charge in [0.15, 0.2) is 0 Å². The normalized spacial score (nSPS) is 10.9. The third-order valence-corrected chi connectivity index (χ3v) is 2.01. The molecule has 0 spiro atoms. The Balaban J connectivity index is 2.39. The van der Waals surface area contributed by atoms with Gasteiger partial charge in [-0.3, -0.25) is 0 Å². The molecule has 0 saturated carbocycles. The van der Waals surface area contributed by atoms with Crippen molar-refractivity contribution >= 4 is 29.3 Å². The minimum absolute atomic E-state index is 0.340. The van der Waals surface area contributed by atoms with E-state index in [9.17, 15) is 0 Å². The van der Waals surface area contributed by atoms with Gasteiger partial charge in [0.2, 0.25) is 6.85 Å². The predicted molar refractivity (Wildman–Crippen MR) is 46.9 cm³/mol. The second-order valence-electron chi connectivity index (χ2n) is 1.99. The van der Waals surface area contributed by atoms with Crippen molar-refractivity contribution in [2.75, 3.05) is 0 Å². The molecule has 0 N–H and O–H groups in total. The predicted octanol–water partition coefficient (Wildman–Crippen LogP) is 3.81. The van der Waals surface area contributed by atoms with Gasteiger partial charge in [0.05, 0.1) is 0 Å². The van der Waals surface area contributed by atoms with Crippen LogP contribution in [0.1, 0.15) is 11.5 Å². The molecule has 1 heterocycles. The topological polar surface area (TPSA) is 22.4 Å². The molecule has 0 atom stereocenters. The van der Waals surface area contributed by atoms with Crippen LogP contribution < -0.4 is 0 Å². The summed E-state index contributed by atoms with van der Waals surface area (Å²) in [5.41, 5.74) is 0. The quantitative estimate of drug-likeness (QED) is 0.712. The molecule has 0 aromatic carbocycles. The molecule has 5 heteroatoms. The van der Waals surface area contributed by atoms with E-state index in [-0.39, 0.29) is 0 Å². The fourth-order valence-corrected chi connectivity index (χ4v) is 1.19. The van der Waals surface area contributed by atoms with E-state index in [1.807, 2.05) is 19.1 Å². The number of rotatable bonds is 3. The average Bonchev–Trinajstić information content (AvgIpc) is 2.31. The van der Waals surface area contributed by atoms with Crippen molar-refractivity contribution in [1.82, 2.24) is 0 Å². The monoisotopic (exact) mass is 212 g/mol. The van der Waals surface area contributed by atoms with Gasteiger partial charge in [-0.15, -0.1) is 0 Å². The van der Waals surface area contributed by atoms with Crippen molar-refractivity contribution in [2.24, 2.45) is 0 Å². The van der Waals surface area contributed by atoms with Gasteiger partial charge in [0.1, 0.15) is 18.1 Å². The van der Waals surface area contributed by atoms with Crippen molar-refractivity contribution in [3.8, 4) is 0 Å². The molecule has 0 bridgehead atoms. The Labute approximate surface area is 75.8 Å². The molecule has 0 fully saturated rings. The number of furan rings is 1. The van der Waals surface area contributed by atoms with Gasteiger partial charge in [-0.05, 0) is 41.5 Å². The summed E-state index contributed by atoms with van der Waals surface area (Å²) in [5.74, 6) is 1.60. The molecule has 0 amide bonds. The maximum atomic E-state index is 5.40. The SMILES string of the molecule is Cc1ccc(COP(Cl)Cl)o1. The molecule has 0 aliphatic carbocycles. The summed E-state index contributed by atoms with van der Waals surface area (Å²) in [6.45, 7) is 0.878. The molecule has 0 saturated heterocycles. The largest absolute Gasteiger partial charge is 0.464 e. The summed E-state index contributed by atoms with van der Waals surface area (Å²) in [6.07, 6.45) is 0. The highest BCUT2D eigenvalue weighted by Gasteiger charge is 2.02. The van der Waals surface area contributed by atoms with Crippen LogP contribution in [0, 0.1) is 6.92 Å². The van der Waals surface area contributed by atoms with Crippen LogP contribution in [-0.2, 0) is 11.1 Å². The Bertz CT molecular complexity index is 224. The summed E-state index contributed by atoms with van der Waals surface area (Å²) < 4.78 is 10.1. The summed E-state index contributed by atoms with van der Waals surface area (Å²) >= 11 is 10.8. The van der Waals surface area contributed by atoms with Crippen LogP contribution in [-0.4, -0.2) is 0 Å². The maximum Gasteiger partial charge on any atom is 0.226 e. The Morgan fingerprint density at radius 3 is 2.73 bits per heavy atom. The Hall–Kier alpha value is 0.250. The van der Waals surface area contributed by atoms with E-state index in [0.717, 1.165) is 11.5 Å². The van der Waals surface area contributed by atoms with Crippen molar-refractivity contribution in [3.05, 3.63) is 23.7 Å². The lowest BCUT2D eigenvalue weighted by Crippen LogP contribution is -1.79. The Kier molecular flexibility index (Phi) is 3.67. The van der Waals surface area contributed by atoms with E-state index in [1.165, 1.54) is 0 Å². The molecule has 2 nitrogen and oxygen atoms in total. The molecule has 1 aromatic rings. The van der Waals surface area contributed by atoms with E-state index >= 15 is 0 Å². The van der Waals surface area contributed by atoms with Gasteiger partial charge >= 0.3 is 0 Å². The highest BCUT2D eigenvalue weighted by molar-refractivity contribution is 8.00. The van der Waals surface area contributed by atoms with E-state index < -0.39 is 6.85 Å². The number of aryl methyl sites for hydroxylation is 1. The Morgan fingerprint density at radius 1 is 1.55 bits per heavy atom. The van der Waals surface area contributed by atoms with Gasteiger partial charge in [-0.25, -0.2) is 0 Å². The third-order valence-electron chi connectivity index (χ3n) is 1.10. The van der Waals surface area contributed by atoms with Crippen molar-refractivity contribution in [1.29, 1.82) is 0 Å². The lowest BCUT2D eigenvalue weighted by Gasteiger charge is -1.98. The number of hydrogen-bond acceptors (Lipinski definition) is 2. The Morgan fingerprint density at radius 2 is 2.27 bits per heavy atom. The average molecular weight is 213 g/mol. The van der Waals surface area contributed by atoms with Crippen molar-refractivity contribution in [2.45, 2.75) is 13.5 Å². The van der Waals surface area contributed by atoms with E-state index in [1.54, 1.807) is 0 Å². The number of hydrogen-bond donors (Lipinski definition) is 0. The zero-order valence-corrected chi connectivity index (χ0v) is 8.29. The highest BCUT2D eigenvalue weighted by Crippen LogP contribution is 2.48. The second kappa shape index (κ2) is 4.32. The molecule has 0 radical (unpaired) electrons. The van der Waals surface area contributed by atoms with Crippen molar-refractivity contribution in [3.63, 3.8) is 0 Å². The van der Waals surface area contributed by atoms with Gasteiger partial charge < -0.3 is 8.94 Å². The zero-order valence-electron chi connectivity index (χ0n) is 5.88. The van der Waals surface area contributed by atoms with Gasteiger partial charge in [-0.2, -0.15) is 0 Å². The zero-order chi connectivity index (χ0) is 8.27. The smallest absolute Gasteiger partial charge is 0.226 e. The van der Waals surface area contributed by atoms with Gasteiger partial charge in [0, 0.05) is 0 Å². The second-order valence-corrected chi connectivity index (χ2v) is 5.01. The van der Waals surface area contributed by atoms with Crippen molar-refractivity contribution < 1.29 is 8.94 Å². The molecule has 0 aliphatic rings. The summed E-state index contributed by atoms with van der Waals surface area (Å²) in [6, 6.07) is 3.70. The minimum Gasteiger partial charge on any atom is -0.464 e. The van der Waals surface area contributed by atoms with E-state index in [2.05, 4.69) is 0 Å². The molecule has 11 heavy (non-hydrogen) atoms. The summed E-state index contributed by atoms with van der Waals surface area (Å²) in [7, 11) is 0. The minimum atomic E-state index is -1.33. The fraction of sp³-hybridized carbons (Fsp3) is 0.333.